The van der Waals surface area contributed by atoms with E-state index < -0.39 is 0 Å². The number of para-hydroxylation sites is 2. The smallest absolute Gasteiger partial charge is 0.0629 e. The minimum atomic E-state index is 0. The first-order valence-electron chi connectivity index (χ1n) is 7.32. The molecular weight excluding hydrogens is 327 g/mol. The second-order valence-corrected chi connectivity index (χ2v) is 5.49. The summed E-state index contributed by atoms with van der Waals surface area (Å²) in [5, 5.41) is 4.09. The van der Waals surface area contributed by atoms with Gasteiger partial charge >= 0.3 is 0 Å². The molecule has 1 N–H and O–H groups in total. The monoisotopic (exact) mass is 344 g/mol. The molecule has 0 saturated heterocycles. The van der Waals surface area contributed by atoms with Crippen molar-refractivity contribution in [1.29, 1.82) is 0 Å². The Labute approximate surface area is 148 Å². The first-order valence-corrected chi connectivity index (χ1v) is 7.69. The zero-order valence-electron chi connectivity index (χ0n) is 12.6. The van der Waals surface area contributed by atoms with Gasteiger partial charge < -0.3 is 5.32 Å². The minimum absolute atomic E-state index is 0. The maximum absolute atomic E-state index is 6.46. The molecule has 0 saturated carbocycles. The van der Waals surface area contributed by atoms with Crippen molar-refractivity contribution >= 4 is 41.6 Å². The molecule has 2 aromatic carbocycles. The molecule has 4 heteroatoms. The van der Waals surface area contributed by atoms with E-state index >= 15 is 0 Å². The molecule has 0 atom stereocenters. The van der Waals surface area contributed by atoms with E-state index in [2.05, 4.69) is 10.3 Å². The van der Waals surface area contributed by atoms with Crippen LogP contribution in [0.15, 0.2) is 88.0 Å². The molecule has 118 valence electrons. The summed E-state index contributed by atoms with van der Waals surface area (Å²) in [4.78, 5) is 4.48. The van der Waals surface area contributed by atoms with Gasteiger partial charge in [-0.1, -0.05) is 48.0 Å². The maximum atomic E-state index is 6.46. The van der Waals surface area contributed by atoms with Crippen molar-refractivity contribution in [3.8, 4) is 0 Å². The van der Waals surface area contributed by atoms with Gasteiger partial charge in [-0.3, -0.25) is 4.99 Å². The molecule has 2 nitrogen and oxygen atoms in total. The molecule has 2 aromatic rings. The van der Waals surface area contributed by atoms with Crippen molar-refractivity contribution in [2.45, 2.75) is 12.8 Å². The van der Waals surface area contributed by atoms with Crippen molar-refractivity contribution < 1.29 is 0 Å². The van der Waals surface area contributed by atoms with Crippen LogP contribution in [0.2, 0.25) is 0 Å². The van der Waals surface area contributed by atoms with Crippen LogP contribution in [-0.4, -0.2) is 6.21 Å². The van der Waals surface area contributed by atoms with Gasteiger partial charge in [0.25, 0.3) is 0 Å². The Morgan fingerprint density at radius 1 is 0.913 bits per heavy atom. The molecule has 23 heavy (non-hydrogen) atoms. The van der Waals surface area contributed by atoms with Crippen molar-refractivity contribution in [3.05, 3.63) is 83.0 Å². The number of anilines is 1. The van der Waals surface area contributed by atoms with E-state index in [0.717, 1.165) is 40.4 Å². The van der Waals surface area contributed by atoms with Crippen LogP contribution in [-0.2, 0) is 0 Å². The number of benzene rings is 2. The van der Waals surface area contributed by atoms with Crippen molar-refractivity contribution in [3.63, 3.8) is 0 Å². The Bertz CT molecular complexity index is 720. The highest BCUT2D eigenvalue weighted by Crippen LogP contribution is 2.33. The van der Waals surface area contributed by atoms with Crippen LogP contribution in [0.5, 0.6) is 0 Å². The van der Waals surface area contributed by atoms with E-state index in [0.29, 0.717) is 0 Å². The fourth-order valence-electron chi connectivity index (χ4n) is 2.32. The van der Waals surface area contributed by atoms with Crippen molar-refractivity contribution in [1.82, 2.24) is 0 Å². The van der Waals surface area contributed by atoms with Crippen LogP contribution in [0.4, 0.5) is 11.4 Å². The third-order valence-electron chi connectivity index (χ3n) is 3.54. The third-order valence-corrected chi connectivity index (χ3v) is 4.03. The third kappa shape index (κ3) is 4.72. The van der Waals surface area contributed by atoms with Crippen LogP contribution in [0.1, 0.15) is 12.8 Å². The summed E-state index contributed by atoms with van der Waals surface area (Å²) in [6.45, 7) is 0. The minimum Gasteiger partial charge on any atom is -0.361 e. The quantitative estimate of drug-likeness (QED) is 0.666. The summed E-state index contributed by atoms with van der Waals surface area (Å²) in [5.74, 6) is 0. The van der Waals surface area contributed by atoms with Gasteiger partial charge in [0.2, 0.25) is 0 Å². The van der Waals surface area contributed by atoms with Gasteiger partial charge in [0.1, 0.15) is 0 Å². The number of nitrogens with zero attached hydrogens (tertiary/aromatic N) is 1. The number of nitrogens with one attached hydrogen (secondary N) is 1. The molecule has 0 heterocycles. The second kappa shape index (κ2) is 8.56. The van der Waals surface area contributed by atoms with Crippen LogP contribution in [0, 0.1) is 0 Å². The van der Waals surface area contributed by atoms with Gasteiger partial charge in [-0.25, -0.2) is 0 Å². The highest BCUT2D eigenvalue weighted by atomic mass is 35.5. The molecule has 0 aromatic heterocycles. The SMILES string of the molecule is Cl.ClC1=C(C=Nc2ccccc2)CCC1=CNc1ccccc1. The lowest BCUT2D eigenvalue weighted by Crippen LogP contribution is -1.89. The Morgan fingerprint density at radius 2 is 1.57 bits per heavy atom. The van der Waals surface area contributed by atoms with Crippen LogP contribution in [0.25, 0.3) is 0 Å². The number of rotatable bonds is 4. The van der Waals surface area contributed by atoms with E-state index in [1.54, 1.807) is 0 Å². The molecule has 0 spiro atoms. The first kappa shape index (κ1) is 17.3. The number of aliphatic imine (C=N–C) groups is 1. The molecular formula is C19H18Cl2N2. The molecule has 0 bridgehead atoms. The zero-order valence-corrected chi connectivity index (χ0v) is 14.1. The topological polar surface area (TPSA) is 24.4 Å². The van der Waals surface area contributed by atoms with E-state index in [1.165, 1.54) is 0 Å². The Kier molecular flexibility index (Phi) is 6.45. The normalized spacial score (nSPS) is 16.0. The van der Waals surface area contributed by atoms with Crippen LogP contribution in [0.3, 0.4) is 0 Å². The Morgan fingerprint density at radius 3 is 2.26 bits per heavy atom. The molecule has 3 rings (SSSR count). The fourth-order valence-corrected chi connectivity index (χ4v) is 2.62. The van der Waals surface area contributed by atoms with Crippen LogP contribution >= 0.6 is 24.0 Å². The number of halogens is 2. The second-order valence-electron chi connectivity index (χ2n) is 5.11. The van der Waals surface area contributed by atoms with Crippen LogP contribution < -0.4 is 5.32 Å². The summed E-state index contributed by atoms with van der Waals surface area (Å²) in [6.07, 6.45) is 5.73. The van der Waals surface area contributed by atoms with Crippen molar-refractivity contribution in [2.24, 2.45) is 4.99 Å². The lowest BCUT2D eigenvalue weighted by Gasteiger charge is -2.02. The summed E-state index contributed by atoms with van der Waals surface area (Å²) < 4.78 is 0. The maximum Gasteiger partial charge on any atom is 0.0629 e. The molecule has 0 radical (unpaired) electrons. The Hall–Kier alpha value is -2.03. The highest BCUT2D eigenvalue weighted by Gasteiger charge is 2.16. The first-order chi connectivity index (χ1) is 10.8. The molecule has 1 aliphatic carbocycles. The fraction of sp³-hybridized carbons (Fsp3) is 0.105. The van der Waals surface area contributed by atoms with E-state index in [-0.39, 0.29) is 12.4 Å². The van der Waals surface area contributed by atoms with E-state index in [1.807, 2.05) is 73.1 Å². The molecule has 0 aliphatic heterocycles. The summed E-state index contributed by atoms with van der Waals surface area (Å²) in [5.41, 5.74) is 4.22. The van der Waals surface area contributed by atoms with E-state index in [9.17, 15) is 0 Å². The van der Waals surface area contributed by atoms with Gasteiger partial charge in [-0.2, -0.15) is 0 Å². The predicted molar refractivity (Wildman–Crippen MR) is 102 cm³/mol. The number of hydrogen-bond acceptors (Lipinski definition) is 2. The van der Waals surface area contributed by atoms with Gasteiger partial charge in [0, 0.05) is 23.1 Å². The summed E-state index contributed by atoms with van der Waals surface area (Å²) in [7, 11) is 0. The Balaban J connectivity index is 0.00000192. The van der Waals surface area contributed by atoms with Gasteiger partial charge in [-0.15, -0.1) is 12.4 Å². The van der Waals surface area contributed by atoms with Crippen molar-refractivity contribution in [2.75, 3.05) is 5.32 Å². The lowest BCUT2D eigenvalue weighted by atomic mass is 10.2. The zero-order chi connectivity index (χ0) is 15.2. The average molecular weight is 345 g/mol. The van der Waals surface area contributed by atoms with E-state index in [4.69, 9.17) is 11.6 Å². The predicted octanol–water partition coefficient (Wildman–Crippen LogP) is 6.09. The largest absolute Gasteiger partial charge is 0.361 e. The highest BCUT2D eigenvalue weighted by molar-refractivity contribution is 6.34. The lowest BCUT2D eigenvalue weighted by molar-refractivity contribution is 1.04. The average Bonchev–Trinajstić information content (AvgIpc) is 2.93. The van der Waals surface area contributed by atoms with Gasteiger partial charge in [0.05, 0.1) is 5.69 Å². The molecule has 1 aliphatic rings. The summed E-state index contributed by atoms with van der Waals surface area (Å²) in [6, 6.07) is 20.0. The van der Waals surface area contributed by atoms with Gasteiger partial charge in [0.15, 0.2) is 0 Å². The number of hydrogen-bond donors (Lipinski definition) is 1. The standard InChI is InChI=1S/C19H17ClN2.ClH/c20-19-15(13-21-17-7-3-1-4-8-17)11-12-16(19)14-22-18-9-5-2-6-10-18;/h1-10,13-14,21H,11-12H2;1H. The molecule has 0 fully saturated rings. The summed E-state index contributed by atoms with van der Waals surface area (Å²) >= 11 is 6.46. The molecule has 0 amide bonds. The number of allylic oxidation sites excluding steroid dienone is 3. The van der Waals surface area contributed by atoms with Gasteiger partial charge in [-0.05, 0) is 48.3 Å². The molecule has 0 unspecified atom stereocenters.